The van der Waals surface area contributed by atoms with E-state index < -0.39 is 0 Å². The number of fused-ring (bicyclic) bond motifs is 4. The molecule has 0 aromatic heterocycles. The monoisotopic (exact) mass is 456 g/mol. The summed E-state index contributed by atoms with van der Waals surface area (Å²) in [7, 11) is 0. The van der Waals surface area contributed by atoms with E-state index in [4.69, 9.17) is 0 Å². The zero-order chi connectivity index (χ0) is 24.4. The Bertz CT molecular complexity index is 866. The van der Waals surface area contributed by atoms with Crippen LogP contribution in [0.4, 0.5) is 0 Å². The minimum absolute atomic E-state index is 0.0262. The molecule has 186 valence electrons. The van der Waals surface area contributed by atoms with Crippen LogP contribution in [-0.2, 0) is 4.79 Å². The molecule has 2 N–H and O–H groups in total. The van der Waals surface area contributed by atoms with Crippen molar-refractivity contribution in [2.45, 2.75) is 112 Å². The Morgan fingerprint density at radius 3 is 2.48 bits per heavy atom. The Kier molecular flexibility index (Phi) is 6.35. The number of aliphatic hydroxyl groups is 2. The van der Waals surface area contributed by atoms with Crippen molar-refractivity contribution in [2.24, 2.45) is 39.4 Å². The second-order valence-electron chi connectivity index (χ2n) is 13.5. The van der Waals surface area contributed by atoms with Gasteiger partial charge in [0.05, 0.1) is 12.7 Å². The third kappa shape index (κ3) is 3.54. The average molecular weight is 457 g/mol. The molecule has 0 saturated heterocycles. The van der Waals surface area contributed by atoms with Gasteiger partial charge < -0.3 is 10.2 Å². The molecule has 0 heterocycles. The molecule has 4 rings (SSSR count). The maximum absolute atomic E-state index is 13.9. The fourth-order valence-electron chi connectivity index (χ4n) is 9.16. The van der Waals surface area contributed by atoms with Crippen LogP contribution in [0.1, 0.15) is 106 Å². The predicted octanol–water partition coefficient (Wildman–Crippen LogP) is 6.63. The summed E-state index contributed by atoms with van der Waals surface area (Å²) in [6.45, 7) is 16.3. The van der Waals surface area contributed by atoms with Crippen LogP contribution in [0.15, 0.2) is 22.8 Å². The van der Waals surface area contributed by atoms with Gasteiger partial charge in [0.2, 0.25) is 0 Å². The average Bonchev–Trinajstić information content (AvgIpc) is 3.04. The largest absolute Gasteiger partial charge is 0.393 e. The van der Waals surface area contributed by atoms with Crippen molar-refractivity contribution in [3.8, 4) is 0 Å². The second kappa shape index (κ2) is 8.33. The fourth-order valence-corrected chi connectivity index (χ4v) is 9.16. The molecule has 4 aliphatic rings. The highest BCUT2D eigenvalue weighted by atomic mass is 16.3. The normalized spacial score (nSPS) is 43.7. The number of carbonyl (C=O) groups is 1. The lowest BCUT2D eigenvalue weighted by atomic mass is 9.43. The molecule has 0 aliphatic heterocycles. The predicted molar refractivity (Wildman–Crippen MR) is 135 cm³/mol. The van der Waals surface area contributed by atoms with Gasteiger partial charge in [-0.1, -0.05) is 58.8 Å². The molecule has 0 amide bonds. The first-order chi connectivity index (χ1) is 15.3. The molecule has 0 radical (unpaired) electrons. The molecule has 7 atom stereocenters. The van der Waals surface area contributed by atoms with Gasteiger partial charge in [0.15, 0.2) is 5.78 Å². The van der Waals surface area contributed by atoms with Crippen molar-refractivity contribution in [1.29, 1.82) is 0 Å². The number of hydrogen-bond acceptors (Lipinski definition) is 3. The van der Waals surface area contributed by atoms with Crippen molar-refractivity contribution in [1.82, 2.24) is 0 Å². The Morgan fingerprint density at radius 1 is 1.12 bits per heavy atom. The van der Waals surface area contributed by atoms with Gasteiger partial charge in [0.1, 0.15) is 0 Å². The van der Waals surface area contributed by atoms with E-state index in [-0.39, 0.29) is 40.3 Å². The summed E-state index contributed by atoms with van der Waals surface area (Å²) in [6.07, 6.45) is 11.1. The first-order valence-electron chi connectivity index (χ1n) is 13.5. The van der Waals surface area contributed by atoms with Gasteiger partial charge in [-0.15, -0.1) is 0 Å². The molecule has 3 nitrogen and oxygen atoms in total. The molecule has 0 aromatic rings. The van der Waals surface area contributed by atoms with E-state index in [2.05, 4.69) is 47.6 Å². The van der Waals surface area contributed by atoms with Gasteiger partial charge in [0.25, 0.3) is 0 Å². The Labute approximate surface area is 202 Å². The van der Waals surface area contributed by atoms with Crippen molar-refractivity contribution in [3.63, 3.8) is 0 Å². The Morgan fingerprint density at radius 2 is 1.82 bits per heavy atom. The molecule has 3 heteroatoms. The molecule has 0 aromatic carbocycles. The smallest absolute Gasteiger partial charge is 0.159 e. The van der Waals surface area contributed by atoms with Crippen LogP contribution in [0.5, 0.6) is 0 Å². The second-order valence-corrected chi connectivity index (χ2v) is 13.5. The van der Waals surface area contributed by atoms with Crippen LogP contribution in [0.2, 0.25) is 0 Å². The summed E-state index contributed by atoms with van der Waals surface area (Å²) in [5.41, 5.74) is 3.73. The molecule has 1 unspecified atom stereocenters. The molecule has 2 saturated carbocycles. The Hall–Kier alpha value is -0.930. The fraction of sp³-hybridized carbons (Fsp3) is 0.833. The maximum atomic E-state index is 13.9. The van der Waals surface area contributed by atoms with Gasteiger partial charge in [0, 0.05) is 17.4 Å². The number of allylic oxidation sites excluding steroid dienone is 3. The van der Waals surface area contributed by atoms with E-state index >= 15 is 0 Å². The lowest BCUT2D eigenvalue weighted by Gasteiger charge is -2.61. The van der Waals surface area contributed by atoms with Crippen molar-refractivity contribution in [2.75, 3.05) is 6.61 Å². The van der Waals surface area contributed by atoms with Crippen LogP contribution in [0.3, 0.4) is 0 Å². The molecular weight excluding hydrogens is 408 g/mol. The number of carbonyl (C=O) groups excluding carboxylic acids is 1. The standard InChI is InChI=1S/C30H48O3/c1-19(18-31)9-8-10-20(2)21-11-16-30(7)26-22(12-15-29(21,30)6)28(5)14-13-25(33)27(3,4)24(28)17-23(26)32/h9,20-21,24-25,31,33H,8,10-18H2,1-7H3/b19-9-/t20-,21-,24+,25?,28-,29-,30+/m1/s1. The topological polar surface area (TPSA) is 57.5 Å². The highest BCUT2D eigenvalue weighted by Gasteiger charge is 2.65. The summed E-state index contributed by atoms with van der Waals surface area (Å²) in [5.74, 6) is 1.89. The summed E-state index contributed by atoms with van der Waals surface area (Å²) < 4.78 is 0. The van der Waals surface area contributed by atoms with Crippen LogP contribution in [0.25, 0.3) is 0 Å². The molecule has 0 bridgehead atoms. The van der Waals surface area contributed by atoms with E-state index in [1.807, 2.05) is 6.92 Å². The van der Waals surface area contributed by atoms with Gasteiger partial charge >= 0.3 is 0 Å². The summed E-state index contributed by atoms with van der Waals surface area (Å²) >= 11 is 0. The molecule has 4 aliphatic carbocycles. The van der Waals surface area contributed by atoms with Crippen LogP contribution in [-0.4, -0.2) is 28.7 Å². The lowest BCUT2D eigenvalue weighted by molar-refractivity contribution is -0.134. The first kappa shape index (κ1) is 25.2. The highest BCUT2D eigenvalue weighted by molar-refractivity contribution is 5.99. The van der Waals surface area contributed by atoms with Crippen molar-refractivity contribution < 1.29 is 15.0 Å². The van der Waals surface area contributed by atoms with E-state index in [1.165, 1.54) is 24.0 Å². The van der Waals surface area contributed by atoms with Crippen molar-refractivity contribution >= 4 is 5.78 Å². The third-order valence-corrected chi connectivity index (χ3v) is 11.7. The van der Waals surface area contributed by atoms with Crippen LogP contribution in [0, 0.1) is 39.4 Å². The lowest BCUT2D eigenvalue weighted by Crippen LogP contribution is -2.57. The molecule has 2 fully saturated rings. The number of hydrogen-bond donors (Lipinski definition) is 2. The zero-order valence-corrected chi connectivity index (χ0v) is 22.3. The van der Waals surface area contributed by atoms with E-state index in [9.17, 15) is 15.0 Å². The molecule has 0 spiro atoms. The van der Waals surface area contributed by atoms with Gasteiger partial charge in [-0.05, 0) is 92.3 Å². The van der Waals surface area contributed by atoms with E-state index in [0.717, 1.165) is 44.1 Å². The summed E-state index contributed by atoms with van der Waals surface area (Å²) in [5, 5.41) is 20.1. The Balaban J connectivity index is 1.67. The summed E-state index contributed by atoms with van der Waals surface area (Å²) in [4.78, 5) is 13.9. The zero-order valence-electron chi connectivity index (χ0n) is 22.3. The quantitative estimate of drug-likeness (QED) is 0.456. The molecule has 33 heavy (non-hydrogen) atoms. The minimum Gasteiger partial charge on any atom is -0.393 e. The van der Waals surface area contributed by atoms with E-state index in [0.29, 0.717) is 24.0 Å². The highest BCUT2D eigenvalue weighted by Crippen LogP contribution is 2.71. The number of ketones is 1. The number of aliphatic hydroxyl groups excluding tert-OH is 2. The number of rotatable bonds is 5. The maximum Gasteiger partial charge on any atom is 0.159 e. The third-order valence-electron chi connectivity index (χ3n) is 11.7. The molecular formula is C30H48O3. The van der Waals surface area contributed by atoms with Crippen LogP contribution < -0.4 is 0 Å². The van der Waals surface area contributed by atoms with Gasteiger partial charge in [-0.3, -0.25) is 4.79 Å². The van der Waals surface area contributed by atoms with Gasteiger partial charge in [-0.25, -0.2) is 0 Å². The van der Waals surface area contributed by atoms with Crippen molar-refractivity contribution in [3.05, 3.63) is 22.8 Å². The van der Waals surface area contributed by atoms with Crippen LogP contribution >= 0.6 is 0 Å². The van der Waals surface area contributed by atoms with E-state index in [1.54, 1.807) is 0 Å². The summed E-state index contributed by atoms with van der Waals surface area (Å²) in [6, 6.07) is 0. The number of Topliss-reactive ketones (excluding diaryl/α,β-unsaturated/α-hetero) is 1. The minimum atomic E-state index is -0.310. The first-order valence-corrected chi connectivity index (χ1v) is 13.5. The van der Waals surface area contributed by atoms with Gasteiger partial charge in [-0.2, -0.15) is 0 Å². The SMILES string of the molecule is C/C(=C/CC[C@@H](C)[C@H]1CC[C@@]2(C)C3=C(CC[C@]12C)[C@@]1(C)CCC(O)C(C)(C)[C@@H]1CC3=O)CO.